The lowest BCUT2D eigenvalue weighted by Gasteiger charge is -2.38. The summed E-state index contributed by atoms with van der Waals surface area (Å²) in [5.74, 6) is 0.462. The summed E-state index contributed by atoms with van der Waals surface area (Å²) in [5, 5.41) is 12.4. The second-order valence-corrected chi connectivity index (χ2v) is 7.48. The van der Waals surface area contributed by atoms with Gasteiger partial charge in [-0.2, -0.15) is 0 Å². The minimum Gasteiger partial charge on any atom is -0.361 e. The molecule has 5 heteroatoms. The zero-order valence-corrected chi connectivity index (χ0v) is 15.0. The maximum Gasteiger partial charge on any atom is 0.228 e. The Bertz CT molecular complexity index is 590. The number of nitrogens with zero attached hydrogens (tertiary/aromatic N) is 3. The van der Waals surface area contributed by atoms with Gasteiger partial charge in [0.1, 0.15) is 0 Å². The zero-order chi connectivity index (χ0) is 16.5. The van der Waals surface area contributed by atoms with Crippen molar-refractivity contribution in [1.29, 1.82) is 0 Å². The topological polar surface area (TPSA) is 48.2 Å². The van der Waals surface area contributed by atoms with E-state index < -0.39 is 5.72 Å². The Hall–Kier alpha value is -1.33. The summed E-state index contributed by atoms with van der Waals surface area (Å²) in [6.07, 6.45) is 1.97. The van der Waals surface area contributed by atoms with E-state index in [4.69, 9.17) is 4.99 Å². The molecular formula is C17H25N3OS. The summed E-state index contributed by atoms with van der Waals surface area (Å²) in [4.78, 5) is 11.3. The summed E-state index contributed by atoms with van der Waals surface area (Å²) >= 11 is 1.53. The quantitative estimate of drug-likeness (QED) is 0.908. The van der Waals surface area contributed by atoms with Crippen LogP contribution in [0.15, 0.2) is 40.3 Å². The summed E-state index contributed by atoms with van der Waals surface area (Å²) < 4.78 is 0. The number of aliphatic imine (C=N–C) groups is 2. The molecule has 120 valence electrons. The number of benzene rings is 1. The average Bonchev–Trinajstić information content (AvgIpc) is 2.72. The van der Waals surface area contributed by atoms with Gasteiger partial charge in [-0.15, -0.1) is 0 Å². The summed E-state index contributed by atoms with van der Waals surface area (Å²) in [5.41, 5.74) is -0.835. The van der Waals surface area contributed by atoms with Crippen molar-refractivity contribution in [3.63, 3.8) is 0 Å². The first-order valence-corrected chi connectivity index (χ1v) is 8.73. The van der Waals surface area contributed by atoms with Gasteiger partial charge in [-0.1, -0.05) is 42.1 Å². The number of rotatable bonds is 2. The van der Waals surface area contributed by atoms with E-state index in [9.17, 15) is 5.11 Å². The van der Waals surface area contributed by atoms with E-state index in [1.165, 1.54) is 11.8 Å². The third-order valence-electron chi connectivity index (χ3n) is 3.38. The van der Waals surface area contributed by atoms with Crippen LogP contribution in [-0.4, -0.2) is 38.8 Å². The predicted molar refractivity (Wildman–Crippen MR) is 95.5 cm³/mol. The molecule has 0 fully saturated rings. The molecule has 0 aliphatic carbocycles. The second kappa shape index (κ2) is 6.05. The fourth-order valence-electron chi connectivity index (χ4n) is 2.57. The van der Waals surface area contributed by atoms with Crippen molar-refractivity contribution in [2.45, 2.75) is 51.9 Å². The number of aliphatic hydroxyl groups is 1. The Kier molecular flexibility index (Phi) is 4.68. The van der Waals surface area contributed by atoms with Gasteiger partial charge in [0.2, 0.25) is 5.72 Å². The minimum atomic E-state index is -1.32. The molecule has 0 saturated heterocycles. The summed E-state index contributed by atoms with van der Waals surface area (Å²) in [7, 11) is 0. The Morgan fingerprint density at radius 1 is 1.23 bits per heavy atom. The fourth-order valence-corrected chi connectivity index (χ4v) is 3.28. The number of thioether (sulfide) groups is 1. The highest BCUT2D eigenvalue weighted by molar-refractivity contribution is 8.13. The third kappa shape index (κ3) is 3.06. The number of hydrogen-bond acceptors (Lipinski definition) is 4. The van der Waals surface area contributed by atoms with Crippen LogP contribution in [0.4, 0.5) is 0 Å². The van der Waals surface area contributed by atoms with E-state index in [2.05, 4.69) is 18.8 Å². The van der Waals surface area contributed by atoms with Crippen LogP contribution in [0.25, 0.3) is 0 Å². The van der Waals surface area contributed by atoms with Crippen molar-refractivity contribution in [2.75, 3.05) is 6.26 Å². The summed E-state index contributed by atoms with van der Waals surface area (Å²) in [6.45, 7) is 10.1. The predicted octanol–water partition coefficient (Wildman–Crippen LogP) is 3.47. The highest BCUT2D eigenvalue weighted by Crippen LogP contribution is 2.38. The monoisotopic (exact) mass is 319 g/mol. The lowest BCUT2D eigenvalue weighted by Crippen LogP contribution is -2.52. The van der Waals surface area contributed by atoms with Crippen molar-refractivity contribution in [2.24, 2.45) is 9.98 Å². The Labute approximate surface area is 137 Å². The highest BCUT2D eigenvalue weighted by atomic mass is 32.2. The molecule has 0 amide bonds. The smallest absolute Gasteiger partial charge is 0.228 e. The molecule has 1 aromatic rings. The molecule has 1 atom stereocenters. The maximum atomic E-state index is 11.6. The molecule has 1 heterocycles. The molecule has 4 nitrogen and oxygen atoms in total. The van der Waals surface area contributed by atoms with Gasteiger partial charge in [0.05, 0.1) is 5.54 Å². The Morgan fingerprint density at radius 2 is 1.82 bits per heavy atom. The molecule has 0 spiro atoms. The lowest BCUT2D eigenvalue weighted by molar-refractivity contribution is -0.0186. The van der Waals surface area contributed by atoms with Crippen molar-refractivity contribution in [1.82, 2.24) is 4.90 Å². The van der Waals surface area contributed by atoms with Crippen LogP contribution in [0.5, 0.6) is 0 Å². The molecular weight excluding hydrogens is 294 g/mol. The zero-order valence-electron chi connectivity index (χ0n) is 14.2. The molecule has 22 heavy (non-hydrogen) atoms. The van der Waals surface area contributed by atoms with Gasteiger partial charge in [-0.3, -0.25) is 4.99 Å². The Morgan fingerprint density at radius 3 is 2.27 bits per heavy atom. The van der Waals surface area contributed by atoms with Crippen LogP contribution < -0.4 is 0 Å². The largest absolute Gasteiger partial charge is 0.361 e. The van der Waals surface area contributed by atoms with Crippen molar-refractivity contribution in [3.05, 3.63) is 35.9 Å². The molecule has 0 aromatic heterocycles. The summed E-state index contributed by atoms with van der Waals surface area (Å²) in [6, 6.07) is 9.75. The average molecular weight is 319 g/mol. The van der Waals surface area contributed by atoms with Crippen LogP contribution in [0.1, 0.15) is 40.2 Å². The first-order valence-electron chi connectivity index (χ1n) is 7.50. The third-order valence-corrected chi connectivity index (χ3v) is 4.04. The molecule has 0 radical (unpaired) electrons. The van der Waals surface area contributed by atoms with E-state index in [0.717, 1.165) is 10.7 Å². The van der Waals surface area contributed by atoms with Gasteiger partial charge in [0.15, 0.2) is 11.0 Å². The van der Waals surface area contributed by atoms with E-state index in [-0.39, 0.29) is 11.6 Å². The number of hydrogen-bond donors (Lipinski definition) is 1. The van der Waals surface area contributed by atoms with Gasteiger partial charge in [0, 0.05) is 11.6 Å². The molecule has 1 aliphatic rings. The SMILES string of the molecule is CSC1=NC(=NC(C)(C)C)C(O)(c2ccccc2)N1C(C)C. The first kappa shape index (κ1) is 17.0. The van der Waals surface area contributed by atoms with Gasteiger partial charge in [0.25, 0.3) is 0 Å². The van der Waals surface area contributed by atoms with Crippen molar-refractivity contribution in [3.8, 4) is 0 Å². The molecule has 2 rings (SSSR count). The van der Waals surface area contributed by atoms with Crippen LogP contribution in [0.2, 0.25) is 0 Å². The molecule has 0 bridgehead atoms. The second-order valence-electron chi connectivity index (χ2n) is 6.71. The molecule has 1 N–H and O–H groups in total. The van der Waals surface area contributed by atoms with E-state index >= 15 is 0 Å². The normalized spacial score (nSPS) is 24.3. The van der Waals surface area contributed by atoms with E-state index in [0.29, 0.717) is 5.84 Å². The van der Waals surface area contributed by atoms with Crippen LogP contribution in [-0.2, 0) is 5.72 Å². The fraction of sp³-hybridized carbons (Fsp3) is 0.529. The standard InChI is InChI=1S/C17H25N3OS/c1-12(2)20-15(22-6)18-14(19-16(3,4)5)17(20,21)13-10-8-7-9-11-13/h7-12,21H,1-6H3. The first-order chi connectivity index (χ1) is 10.2. The van der Waals surface area contributed by atoms with Crippen molar-refractivity contribution < 1.29 is 5.11 Å². The highest BCUT2D eigenvalue weighted by Gasteiger charge is 2.50. The number of amidine groups is 2. The van der Waals surface area contributed by atoms with Gasteiger partial charge in [-0.25, -0.2) is 4.99 Å². The molecule has 1 aromatic carbocycles. The lowest BCUT2D eigenvalue weighted by atomic mass is 9.98. The van der Waals surface area contributed by atoms with Crippen LogP contribution in [0.3, 0.4) is 0 Å². The van der Waals surface area contributed by atoms with Gasteiger partial charge < -0.3 is 10.0 Å². The maximum absolute atomic E-state index is 11.6. The van der Waals surface area contributed by atoms with Gasteiger partial charge in [-0.05, 0) is 40.9 Å². The van der Waals surface area contributed by atoms with Crippen molar-refractivity contribution >= 4 is 22.8 Å². The van der Waals surface area contributed by atoms with E-state index in [1.54, 1.807) is 0 Å². The van der Waals surface area contributed by atoms with Gasteiger partial charge >= 0.3 is 0 Å². The minimum absolute atomic E-state index is 0.101. The van der Waals surface area contributed by atoms with Crippen LogP contribution in [0, 0.1) is 0 Å². The Balaban J connectivity index is 2.66. The van der Waals surface area contributed by atoms with E-state index in [1.807, 2.05) is 62.3 Å². The molecule has 1 aliphatic heterocycles. The molecule has 1 unspecified atom stereocenters. The van der Waals surface area contributed by atoms with Crippen LogP contribution >= 0.6 is 11.8 Å². The molecule has 0 saturated carbocycles.